The highest BCUT2D eigenvalue weighted by molar-refractivity contribution is 8.01. The molecule has 112 valence electrons. The van der Waals surface area contributed by atoms with E-state index < -0.39 is 5.60 Å². The van der Waals surface area contributed by atoms with E-state index in [0.29, 0.717) is 5.92 Å². The van der Waals surface area contributed by atoms with Crippen LogP contribution in [0.5, 0.6) is 0 Å². The fourth-order valence-electron chi connectivity index (χ4n) is 2.16. The van der Waals surface area contributed by atoms with Crippen LogP contribution in [-0.4, -0.2) is 40.4 Å². The molecule has 0 saturated carbocycles. The molecule has 0 unspecified atom stereocenters. The summed E-state index contributed by atoms with van der Waals surface area (Å²) in [7, 11) is 0. The molecular formula is C14H22N2O2S2. The number of hydrogen-bond acceptors (Lipinski definition) is 5. The van der Waals surface area contributed by atoms with Gasteiger partial charge in [-0.1, -0.05) is 11.8 Å². The molecule has 1 amide bonds. The van der Waals surface area contributed by atoms with Crippen molar-refractivity contribution in [2.75, 3.05) is 18.8 Å². The van der Waals surface area contributed by atoms with Crippen molar-refractivity contribution < 1.29 is 9.53 Å². The van der Waals surface area contributed by atoms with E-state index in [1.807, 2.05) is 37.2 Å². The Morgan fingerprint density at radius 3 is 3.05 bits per heavy atom. The van der Waals surface area contributed by atoms with E-state index in [4.69, 9.17) is 4.74 Å². The van der Waals surface area contributed by atoms with Gasteiger partial charge in [0.1, 0.15) is 9.94 Å². The van der Waals surface area contributed by atoms with Crippen LogP contribution >= 0.6 is 23.1 Å². The van der Waals surface area contributed by atoms with Gasteiger partial charge < -0.3 is 9.64 Å². The van der Waals surface area contributed by atoms with Gasteiger partial charge in [0.05, 0.1) is 0 Å². The fourth-order valence-corrected chi connectivity index (χ4v) is 3.95. The third-order valence-electron chi connectivity index (χ3n) is 3.02. The molecule has 20 heavy (non-hydrogen) atoms. The standard InChI is InChI=1S/C14H22N2O2S2/c1-14(2,3)18-13(17)16-7-4-5-11(9-16)10-20-12-15-6-8-19-12/h6,8,11H,4-5,7,9-10H2,1-3H3/t11-/m1/s1. The van der Waals surface area contributed by atoms with Crippen LogP contribution in [0.4, 0.5) is 4.79 Å². The number of likely N-dealkylation sites (tertiary alicyclic amines) is 1. The van der Waals surface area contributed by atoms with Gasteiger partial charge in [0.25, 0.3) is 0 Å². The molecule has 1 aliphatic rings. The first-order chi connectivity index (χ1) is 9.44. The second-order valence-electron chi connectivity index (χ2n) is 6.04. The number of carbonyl (C=O) groups is 1. The summed E-state index contributed by atoms with van der Waals surface area (Å²) in [5.41, 5.74) is -0.417. The van der Waals surface area contributed by atoms with E-state index in [-0.39, 0.29) is 6.09 Å². The van der Waals surface area contributed by atoms with E-state index in [1.165, 1.54) is 6.42 Å². The van der Waals surface area contributed by atoms with Gasteiger partial charge in [0, 0.05) is 30.4 Å². The van der Waals surface area contributed by atoms with Crippen LogP contribution in [0.2, 0.25) is 0 Å². The third kappa shape index (κ3) is 4.98. The van der Waals surface area contributed by atoms with Crippen molar-refractivity contribution in [1.29, 1.82) is 0 Å². The largest absolute Gasteiger partial charge is 0.444 e. The van der Waals surface area contributed by atoms with E-state index in [1.54, 1.807) is 23.1 Å². The average Bonchev–Trinajstić information content (AvgIpc) is 2.88. The van der Waals surface area contributed by atoms with Gasteiger partial charge in [-0.05, 0) is 39.5 Å². The summed E-state index contributed by atoms with van der Waals surface area (Å²) in [5.74, 6) is 1.55. The van der Waals surface area contributed by atoms with Crippen molar-refractivity contribution in [3.8, 4) is 0 Å². The number of rotatable bonds is 3. The van der Waals surface area contributed by atoms with Gasteiger partial charge in [0.15, 0.2) is 0 Å². The molecule has 0 aliphatic carbocycles. The highest BCUT2D eigenvalue weighted by atomic mass is 32.2. The second-order valence-corrected chi connectivity index (χ2v) is 8.21. The summed E-state index contributed by atoms with van der Waals surface area (Å²) in [6, 6.07) is 0. The van der Waals surface area contributed by atoms with Crippen LogP contribution in [0.25, 0.3) is 0 Å². The molecular weight excluding hydrogens is 292 g/mol. The fraction of sp³-hybridized carbons (Fsp3) is 0.714. The predicted molar refractivity (Wildman–Crippen MR) is 83.4 cm³/mol. The summed E-state index contributed by atoms with van der Waals surface area (Å²) in [4.78, 5) is 18.2. The summed E-state index contributed by atoms with van der Waals surface area (Å²) < 4.78 is 6.56. The number of thioether (sulfide) groups is 1. The number of thiazole rings is 1. The number of nitrogens with zero attached hydrogens (tertiary/aromatic N) is 2. The van der Waals surface area contributed by atoms with Crippen LogP contribution in [0.3, 0.4) is 0 Å². The molecule has 0 spiro atoms. The molecule has 1 fully saturated rings. The lowest BCUT2D eigenvalue weighted by Gasteiger charge is -2.33. The zero-order chi connectivity index (χ0) is 14.6. The molecule has 4 nitrogen and oxygen atoms in total. The van der Waals surface area contributed by atoms with E-state index in [9.17, 15) is 4.79 Å². The van der Waals surface area contributed by atoms with Crippen LogP contribution in [0.15, 0.2) is 15.9 Å². The van der Waals surface area contributed by atoms with Crippen molar-refractivity contribution in [1.82, 2.24) is 9.88 Å². The minimum absolute atomic E-state index is 0.179. The molecule has 0 aromatic carbocycles. The Kier molecular flexibility index (Phi) is 5.32. The maximum absolute atomic E-state index is 12.1. The first-order valence-corrected chi connectivity index (χ1v) is 8.81. The van der Waals surface area contributed by atoms with Gasteiger partial charge in [-0.2, -0.15) is 0 Å². The normalized spacial score (nSPS) is 19.9. The maximum atomic E-state index is 12.1. The number of carbonyl (C=O) groups excluding carboxylic acids is 1. The molecule has 1 atom stereocenters. The summed E-state index contributed by atoms with van der Waals surface area (Å²) in [5, 5.41) is 2.00. The lowest BCUT2D eigenvalue weighted by Crippen LogP contribution is -2.43. The van der Waals surface area contributed by atoms with E-state index in [2.05, 4.69) is 4.98 Å². The Balaban J connectivity index is 1.80. The van der Waals surface area contributed by atoms with Gasteiger partial charge in [0.2, 0.25) is 0 Å². The van der Waals surface area contributed by atoms with Gasteiger partial charge >= 0.3 is 6.09 Å². The maximum Gasteiger partial charge on any atom is 0.410 e. The smallest absolute Gasteiger partial charge is 0.410 e. The molecule has 6 heteroatoms. The topological polar surface area (TPSA) is 42.4 Å². The monoisotopic (exact) mass is 314 g/mol. The van der Waals surface area contributed by atoms with Crippen molar-refractivity contribution in [2.24, 2.45) is 5.92 Å². The SMILES string of the molecule is CC(C)(C)OC(=O)N1CCC[C@@H](CSc2nccs2)C1. The zero-order valence-corrected chi connectivity index (χ0v) is 13.9. The lowest BCUT2D eigenvalue weighted by molar-refractivity contribution is 0.0177. The second kappa shape index (κ2) is 6.80. The Labute approximate surface area is 128 Å². The molecule has 0 N–H and O–H groups in total. The molecule has 1 saturated heterocycles. The predicted octanol–water partition coefficient (Wildman–Crippen LogP) is 3.88. The number of hydrogen-bond donors (Lipinski definition) is 0. The minimum Gasteiger partial charge on any atom is -0.444 e. The Bertz CT molecular complexity index is 429. The Morgan fingerprint density at radius 1 is 1.60 bits per heavy atom. The van der Waals surface area contributed by atoms with Gasteiger partial charge in [-0.15, -0.1) is 11.3 Å². The van der Waals surface area contributed by atoms with Crippen molar-refractivity contribution in [2.45, 2.75) is 43.6 Å². The first kappa shape index (κ1) is 15.6. The van der Waals surface area contributed by atoms with Gasteiger partial charge in [-0.3, -0.25) is 0 Å². The van der Waals surface area contributed by atoms with Crippen LogP contribution < -0.4 is 0 Å². The summed E-state index contributed by atoms with van der Waals surface area (Å²) in [6.07, 6.45) is 3.89. The molecule has 1 aliphatic heterocycles. The highest BCUT2D eigenvalue weighted by Gasteiger charge is 2.27. The van der Waals surface area contributed by atoms with Crippen molar-refractivity contribution >= 4 is 29.2 Å². The molecule has 1 aromatic heterocycles. The molecule has 1 aromatic rings. The summed E-state index contributed by atoms with van der Waals surface area (Å²) in [6.45, 7) is 7.33. The van der Waals surface area contributed by atoms with E-state index in [0.717, 1.165) is 29.6 Å². The van der Waals surface area contributed by atoms with Crippen LogP contribution in [0, 0.1) is 5.92 Å². The molecule has 2 heterocycles. The van der Waals surface area contributed by atoms with Gasteiger partial charge in [-0.25, -0.2) is 9.78 Å². The zero-order valence-electron chi connectivity index (χ0n) is 12.3. The van der Waals surface area contributed by atoms with Crippen molar-refractivity contribution in [3.05, 3.63) is 11.6 Å². The number of aromatic nitrogens is 1. The molecule has 2 rings (SSSR count). The Morgan fingerprint density at radius 2 is 2.40 bits per heavy atom. The molecule has 0 radical (unpaired) electrons. The average molecular weight is 314 g/mol. The van der Waals surface area contributed by atoms with Crippen LogP contribution in [0.1, 0.15) is 33.6 Å². The minimum atomic E-state index is -0.417. The highest BCUT2D eigenvalue weighted by Crippen LogP contribution is 2.27. The number of piperidine rings is 1. The quantitative estimate of drug-likeness (QED) is 0.794. The molecule has 0 bridgehead atoms. The van der Waals surface area contributed by atoms with Crippen molar-refractivity contribution in [3.63, 3.8) is 0 Å². The number of ether oxygens (including phenoxy) is 1. The lowest BCUT2D eigenvalue weighted by atomic mass is 10.0. The van der Waals surface area contributed by atoms with E-state index >= 15 is 0 Å². The number of amides is 1. The summed E-state index contributed by atoms with van der Waals surface area (Å²) >= 11 is 3.46. The van der Waals surface area contributed by atoms with Crippen LogP contribution in [-0.2, 0) is 4.74 Å². The third-order valence-corrected chi connectivity index (χ3v) is 5.22. The first-order valence-electron chi connectivity index (χ1n) is 6.94. The Hall–Kier alpha value is -0.750.